The van der Waals surface area contributed by atoms with Crippen molar-refractivity contribution in [3.05, 3.63) is 35.4 Å². The molecule has 0 atom stereocenters. The molecule has 1 aromatic rings. The topological polar surface area (TPSA) is 35.6 Å². The molecule has 0 aromatic heterocycles. The van der Waals surface area contributed by atoms with Gasteiger partial charge in [-0.25, -0.2) is 13.6 Å². The van der Waals surface area contributed by atoms with E-state index < -0.39 is 11.6 Å². The van der Waals surface area contributed by atoms with E-state index in [9.17, 15) is 13.6 Å². The predicted molar refractivity (Wildman–Crippen MR) is 85.0 cm³/mol. The van der Waals surface area contributed by atoms with Gasteiger partial charge in [0.2, 0.25) is 0 Å². The molecule has 0 bridgehead atoms. The fourth-order valence-corrected chi connectivity index (χ4v) is 2.77. The van der Waals surface area contributed by atoms with E-state index in [2.05, 4.69) is 16.5 Å². The molecule has 4 nitrogen and oxygen atoms in total. The summed E-state index contributed by atoms with van der Waals surface area (Å²) in [5.41, 5.74) is 0.547. The molecule has 0 aliphatic carbocycles. The standard InChI is InChI=1S/C15H21F2N3OS/c1-22-9-8-19-4-6-20(7-5-19)15(21)18-11-12-2-3-13(16)14(17)10-12/h2-3,10H,4-9,11H2,1H3,(H,18,21). The van der Waals surface area contributed by atoms with Gasteiger partial charge in [0, 0.05) is 45.0 Å². The Bertz CT molecular complexity index is 508. The highest BCUT2D eigenvalue weighted by molar-refractivity contribution is 7.98. The van der Waals surface area contributed by atoms with Gasteiger partial charge < -0.3 is 10.2 Å². The van der Waals surface area contributed by atoms with Crippen LogP contribution in [0.3, 0.4) is 0 Å². The number of hydrogen-bond donors (Lipinski definition) is 1. The van der Waals surface area contributed by atoms with Crippen molar-refractivity contribution < 1.29 is 13.6 Å². The zero-order valence-electron chi connectivity index (χ0n) is 12.6. The van der Waals surface area contributed by atoms with Crippen LogP contribution in [0.15, 0.2) is 18.2 Å². The summed E-state index contributed by atoms with van der Waals surface area (Å²) in [6.07, 6.45) is 2.09. The first-order valence-electron chi connectivity index (χ1n) is 7.28. The van der Waals surface area contributed by atoms with Crippen molar-refractivity contribution in [1.29, 1.82) is 0 Å². The van der Waals surface area contributed by atoms with Gasteiger partial charge >= 0.3 is 6.03 Å². The van der Waals surface area contributed by atoms with Crippen LogP contribution in [0.2, 0.25) is 0 Å². The minimum atomic E-state index is -0.894. The van der Waals surface area contributed by atoms with Gasteiger partial charge in [-0.2, -0.15) is 11.8 Å². The van der Waals surface area contributed by atoms with Crippen molar-refractivity contribution in [2.75, 3.05) is 44.7 Å². The summed E-state index contributed by atoms with van der Waals surface area (Å²) in [4.78, 5) is 16.2. The van der Waals surface area contributed by atoms with Gasteiger partial charge in [0.05, 0.1) is 0 Å². The third-order valence-electron chi connectivity index (χ3n) is 3.70. The fourth-order valence-electron chi connectivity index (χ4n) is 2.33. The lowest BCUT2D eigenvalue weighted by molar-refractivity contribution is 0.143. The molecule has 1 aromatic carbocycles. The van der Waals surface area contributed by atoms with Gasteiger partial charge in [0.15, 0.2) is 11.6 Å². The molecule has 1 heterocycles. The molecule has 0 saturated carbocycles. The molecule has 0 spiro atoms. The maximum absolute atomic E-state index is 13.1. The number of piperazine rings is 1. The summed E-state index contributed by atoms with van der Waals surface area (Å²) in [6.45, 7) is 4.38. The maximum atomic E-state index is 13.1. The van der Waals surface area contributed by atoms with Crippen molar-refractivity contribution in [3.8, 4) is 0 Å². The Morgan fingerprint density at radius 1 is 1.23 bits per heavy atom. The van der Waals surface area contributed by atoms with E-state index in [1.165, 1.54) is 6.07 Å². The van der Waals surface area contributed by atoms with E-state index in [1.54, 1.807) is 4.90 Å². The van der Waals surface area contributed by atoms with Gasteiger partial charge in [0.25, 0.3) is 0 Å². The Balaban J connectivity index is 1.75. The first-order valence-corrected chi connectivity index (χ1v) is 8.67. The minimum Gasteiger partial charge on any atom is -0.334 e. The van der Waals surface area contributed by atoms with E-state index in [-0.39, 0.29) is 12.6 Å². The number of urea groups is 1. The Morgan fingerprint density at radius 3 is 2.59 bits per heavy atom. The number of carbonyl (C=O) groups is 1. The molecule has 1 N–H and O–H groups in total. The molecule has 2 amide bonds. The summed E-state index contributed by atoms with van der Waals surface area (Å²) >= 11 is 1.82. The molecule has 2 rings (SSSR count). The van der Waals surface area contributed by atoms with Crippen molar-refractivity contribution in [2.24, 2.45) is 0 Å². The second kappa shape index (κ2) is 8.33. The van der Waals surface area contributed by atoms with Crippen molar-refractivity contribution in [2.45, 2.75) is 6.54 Å². The largest absolute Gasteiger partial charge is 0.334 e. The van der Waals surface area contributed by atoms with E-state index in [0.717, 1.165) is 37.5 Å². The second-order valence-corrected chi connectivity index (χ2v) is 6.21. The number of nitrogens with zero attached hydrogens (tertiary/aromatic N) is 2. The summed E-state index contributed by atoms with van der Waals surface area (Å²) in [5, 5.41) is 2.75. The quantitative estimate of drug-likeness (QED) is 0.899. The minimum absolute atomic E-state index is 0.158. The Hall–Kier alpha value is -1.34. The van der Waals surface area contributed by atoms with Gasteiger partial charge in [0.1, 0.15) is 0 Å². The Labute approximate surface area is 133 Å². The number of thioether (sulfide) groups is 1. The van der Waals surface area contributed by atoms with E-state index >= 15 is 0 Å². The smallest absolute Gasteiger partial charge is 0.317 e. The van der Waals surface area contributed by atoms with Crippen LogP contribution in [0.5, 0.6) is 0 Å². The fraction of sp³-hybridized carbons (Fsp3) is 0.533. The normalized spacial score (nSPS) is 15.9. The first-order chi connectivity index (χ1) is 10.6. The lowest BCUT2D eigenvalue weighted by Crippen LogP contribution is -2.51. The SMILES string of the molecule is CSCCN1CCN(C(=O)NCc2ccc(F)c(F)c2)CC1. The second-order valence-electron chi connectivity index (χ2n) is 5.23. The Kier molecular flexibility index (Phi) is 6.45. The van der Waals surface area contributed by atoms with Gasteiger partial charge in [-0.3, -0.25) is 4.90 Å². The monoisotopic (exact) mass is 329 g/mol. The van der Waals surface area contributed by atoms with Gasteiger partial charge in [-0.15, -0.1) is 0 Å². The van der Waals surface area contributed by atoms with Crippen LogP contribution in [0.25, 0.3) is 0 Å². The molecule has 1 fully saturated rings. The van der Waals surface area contributed by atoms with Crippen LogP contribution >= 0.6 is 11.8 Å². The van der Waals surface area contributed by atoms with Crippen molar-refractivity contribution >= 4 is 17.8 Å². The van der Waals surface area contributed by atoms with Crippen LogP contribution in [0.1, 0.15) is 5.56 Å². The zero-order valence-corrected chi connectivity index (χ0v) is 13.5. The number of halogens is 2. The number of hydrogen-bond acceptors (Lipinski definition) is 3. The molecule has 0 radical (unpaired) electrons. The highest BCUT2D eigenvalue weighted by Crippen LogP contribution is 2.09. The molecule has 7 heteroatoms. The van der Waals surface area contributed by atoms with E-state index in [1.807, 2.05) is 11.8 Å². The zero-order chi connectivity index (χ0) is 15.9. The Morgan fingerprint density at radius 2 is 1.95 bits per heavy atom. The van der Waals surface area contributed by atoms with Gasteiger partial charge in [-0.1, -0.05) is 6.07 Å². The van der Waals surface area contributed by atoms with Crippen LogP contribution in [0.4, 0.5) is 13.6 Å². The predicted octanol–water partition coefficient (Wildman–Crippen LogP) is 2.16. The first kappa shape index (κ1) is 17.0. The van der Waals surface area contributed by atoms with Crippen molar-refractivity contribution in [1.82, 2.24) is 15.1 Å². The molecule has 22 heavy (non-hydrogen) atoms. The summed E-state index contributed by atoms with van der Waals surface area (Å²) in [6, 6.07) is 3.49. The third-order valence-corrected chi connectivity index (χ3v) is 4.29. The lowest BCUT2D eigenvalue weighted by atomic mass is 10.2. The number of amides is 2. The third kappa shape index (κ3) is 4.84. The van der Waals surface area contributed by atoms with Crippen LogP contribution < -0.4 is 5.32 Å². The van der Waals surface area contributed by atoms with E-state index in [0.29, 0.717) is 18.7 Å². The molecule has 122 valence electrons. The molecular formula is C15H21F2N3OS. The maximum Gasteiger partial charge on any atom is 0.317 e. The van der Waals surface area contributed by atoms with Crippen LogP contribution in [0, 0.1) is 11.6 Å². The summed E-state index contributed by atoms with van der Waals surface area (Å²) in [7, 11) is 0. The average molecular weight is 329 g/mol. The molecule has 0 unspecified atom stereocenters. The van der Waals surface area contributed by atoms with E-state index in [4.69, 9.17) is 0 Å². The molecule has 1 aliphatic heterocycles. The van der Waals surface area contributed by atoms with Crippen LogP contribution in [-0.4, -0.2) is 60.6 Å². The highest BCUT2D eigenvalue weighted by Gasteiger charge is 2.20. The molecule has 1 saturated heterocycles. The van der Waals surface area contributed by atoms with Crippen LogP contribution in [-0.2, 0) is 6.54 Å². The van der Waals surface area contributed by atoms with Crippen molar-refractivity contribution in [3.63, 3.8) is 0 Å². The lowest BCUT2D eigenvalue weighted by Gasteiger charge is -2.34. The highest BCUT2D eigenvalue weighted by atomic mass is 32.2. The molecular weight excluding hydrogens is 308 g/mol. The average Bonchev–Trinajstić information content (AvgIpc) is 2.54. The number of nitrogens with one attached hydrogen (secondary N) is 1. The summed E-state index contributed by atoms with van der Waals surface area (Å²) in [5.74, 6) is -0.673. The number of rotatable bonds is 5. The molecule has 1 aliphatic rings. The number of carbonyl (C=O) groups excluding carboxylic acids is 1. The number of benzene rings is 1. The van der Waals surface area contributed by atoms with Gasteiger partial charge in [-0.05, 0) is 24.0 Å². The summed E-state index contributed by atoms with van der Waals surface area (Å²) < 4.78 is 25.9.